The Kier molecular flexibility index (Phi) is 4.83. The van der Waals surface area contributed by atoms with Crippen molar-refractivity contribution >= 4 is 34.2 Å². The number of hydrogen-bond donors (Lipinski definition) is 2. The molecule has 3 nitrogen and oxygen atoms in total. The maximum atomic E-state index is 5.92. The Hall–Kier alpha value is -1.65. The molecular formula is C18H20ClN3S. The fraction of sp³-hybridized carbons (Fsp3) is 0.278. The second-order valence-corrected chi connectivity index (χ2v) is 7.43. The van der Waals surface area contributed by atoms with E-state index in [-0.39, 0.29) is 5.54 Å². The standard InChI is InChI=1S/C18H20ClN3S/c1-18(9-10-23-17(20)22-18)14-4-2-3-13(11-14)12-21-16-7-5-15(19)6-8-16/h2-8,11,21H,9-10,12H2,1H3,(H2,20,22). The van der Waals surface area contributed by atoms with E-state index in [2.05, 4.69) is 41.5 Å². The maximum Gasteiger partial charge on any atom is 0.154 e. The van der Waals surface area contributed by atoms with Gasteiger partial charge in [0.15, 0.2) is 5.17 Å². The monoisotopic (exact) mass is 345 g/mol. The van der Waals surface area contributed by atoms with Crippen molar-refractivity contribution in [3.8, 4) is 0 Å². The first kappa shape index (κ1) is 16.2. The van der Waals surface area contributed by atoms with Crippen molar-refractivity contribution in [2.24, 2.45) is 10.7 Å². The second-order valence-electron chi connectivity index (χ2n) is 5.88. The number of amidine groups is 1. The Morgan fingerprint density at radius 2 is 2.04 bits per heavy atom. The summed E-state index contributed by atoms with van der Waals surface area (Å²) in [5, 5.41) is 4.85. The Morgan fingerprint density at radius 3 is 2.78 bits per heavy atom. The van der Waals surface area contributed by atoms with Gasteiger partial charge in [-0.15, -0.1) is 0 Å². The van der Waals surface area contributed by atoms with Crippen molar-refractivity contribution in [3.05, 3.63) is 64.7 Å². The molecule has 0 bridgehead atoms. The lowest BCUT2D eigenvalue weighted by Gasteiger charge is -2.30. The quantitative estimate of drug-likeness (QED) is 0.850. The number of anilines is 1. The Labute approximate surface area is 146 Å². The van der Waals surface area contributed by atoms with Gasteiger partial charge in [0.1, 0.15) is 0 Å². The van der Waals surface area contributed by atoms with Crippen LogP contribution in [0.3, 0.4) is 0 Å². The Bertz CT molecular complexity index is 714. The van der Waals surface area contributed by atoms with E-state index >= 15 is 0 Å². The first-order valence-electron chi connectivity index (χ1n) is 7.62. The van der Waals surface area contributed by atoms with Gasteiger partial charge >= 0.3 is 0 Å². The highest BCUT2D eigenvalue weighted by Gasteiger charge is 2.29. The molecule has 3 rings (SSSR count). The van der Waals surface area contributed by atoms with Crippen LogP contribution in [0.4, 0.5) is 5.69 Å². The third-order valence-electron chi connectivity index (χ3n) is 4.09. The zero-order valence-electron chi connectivity index (χ0n) is 13.1. The highest BCUT2D eigenvalue weighted by Crippen LogP contribution is 2.35. The number of halogens is 1. The van der Waals surface area contributed by atoms with Gasteiger partial charge in [-0.3, -0.25) is 4.99 Å². The van der Waals surface area contributed by atoms with E-state index in [9.17, 15) is 0 Å². The summed E-state index contributed by atoms with van der Waals surface area (Å²) >= 11 is 7.54. The van der Waals surface area contributed by atoms with Gasteiger partial charge < -0.3 is 11.1 Å². The van der Waals surface area contributed by atoms with Crippen molar-refractivity contribution in [2.45, 2.75) is 25.4 Å². The summed E-state index contributed by atoms with van der Waals surface area (Å²) in [5.74, 6) is 1.01. The molecule has 0 fully saturated rings. The summed E-state index contributed by atoms with van der Waals surface area (Å²) in [6, 6.07) is 16.3. The van der Waals surface area contributed by atoms with Crippen LogP contribution in [0, 0.1) is 0 Å². The molecule has 0 spiro atoms. The molecule has 1 aliphatic heterocycles. The van der Waals surface area contributed by atoms with Gasteiger partial charge in [0, 0.05) is 23.0 Å². The number of hydrogen-bond acceptors (Lipinski definition) is 4. The number of thioether (sulfide) groups is 1. The first-order valence-corrected chi connectivity index (χ1v) is 8.98. The fourth-order valence-electron chi connectivity index (χ4n) is 2.68. The predicted octanol–water partition coefficient (Wildman–Crippen LogP) is 4.62. The number of benzene rings is 2. The third-order valence-corrected chi connectivity index (χ3v) is 5.13. The molecule has 0 saturated heterocycles. The van der Waals surface area contributed by atoms with E-state index in [0.29, 0.717) is 5.17 Å². The van der Waals surface area contributed by atoms with Crippen LogP contribution in [0.1, 0.15) is 24.5 Å². The van der Waals surface area contributed by atoms with Gasteiger partial charge in [-0.1, -0.05) is 47.6 Å². The third kappa shape index (κ3) is 4.01. The smallest absolute Gasteiger partial charge is 0.154 e. The Balaban J connectivity index is 1.75. The summed E-state index contributed by atoms with van der Waals surface area (Å²) in [5.41, 5.74) is 9.21. The lowest BCUT2D eigenvalue weighted by molar-refractivity contribution is 0.481. The molecule has 120 valence electrons. The summed E-state index contributed by atoms with van der Waals surface area (Å²) in [4.78, 5) is 4.68. The van der Waals surface area contributed by atoms with Crippen LogP contribution in [-0.4, -0.2) is 10.9 Å². The number of rotatable bonds is 4. The molecule has 2 aromatic carbocycles. The highest BCUT2D eigenvalue weighted by molar-refractivity contribution is 8.13. The van der Waals surface area contributed by atoms with Gasteiger partial charge in [-0.05, 0) is 48.7 Å². The van der Waals surface area contributed by atoms with E-state index in [4.69, 9.17) is 17.3 Å². The lowest BCUT2D eigenvalue weighted by Crippen LogP contribution is -2.28. The molecule has 1 unspecified atom stereocenters. The number of nitrogens with zero attached hydrogens (tertiary/aromatic N) is 1. The molecular weight excluding hydrogens is 326 g/mol. The predicted molar refractivity (Wildman–Crippen MR) is 101 cm³/mol. The van der Waals surface area contributed by atoms with Crippen LogP contribution < -0.4 is 11.1 Å². The average molecular weight is 346 g/mol. The van der Waals surface area contributed by atoms with Crippen molar-refractivity contribution in [1.82, 2.24) is 0 Å². The van der Waals surface area contributed by atoms with Crippen LogP contribution in [-0.2, 0) is 12.1 Å². The van der Waals surface area contributed by atoms with Crippen LogP contribution >= 0.6 is 23.4 Å². The summed E-state index contributed by atoms with van der Waals surface area (Å²) in [6.45, 7) is 2.92. The van der Waals surface area contributed by atoms with Crippen LogP contribution in [0.25, 0.3) is 0 Å². The van der Waals surface area contributed by atoms with E-state index in [1.807, 2.05) is 24.3 Å². The van der Waals surface area contributed by atoms with Gasteiger partial charge in [-0.25, -0.2) is 0 Å². The summed E-state index contributed by atoms with van der Waals surface area (Å²) < 4.78 is 0. The minimum absolute atomic E-state index is 0.217. The molecule has 1 heterocycles. The molecule has 1 atom stereocenters. The Morgan fingerprint density at radius 1 is 1.26 bits per heavy atom. The van der Waals surface area contributed by atoms with Gasteiger partial charge in [0.05, 0.1) is 5.54 Å². The van der Waals surface area contributed by atoms with Gasteiger partial charge in [0.25, 0.3) is 0 Å². The fourth-order valence-corrected chi connectivity index (χ4v) is 3.78. The van der Waals surface area contributed by atoms with E-state index in [1.54, 1.807) is 11.8 Å². The topological polar surface area (TPSA) is 50.4 Å². The van der Waals surface area contributed by atoms with E-state index in [0.717, 1.165) is 29.4 Å². The normalized spacial score (nSPS) is 20.9. The summed E-state index contributed by atoms with van der Waals surface area (Å²) in [7, 11) is 0. The van der Waals surface area contributed by atoms with Crippen molar-refractivity contribution in [3.63, 3.8) is 0 Å². The van der Waals surface area contributed by atoms with Crippen molar-refractivity contribution in [2.75, 3.05) is 11.1 Å². The van der Waals surface area contributed by atoms with Crippen molar-refractivity contribution < 1.29 is 0 Å². The molecule has 5 heteroatoms. The zero-order chi connectivity index (χ0) is 16.3. The van der Waals surface area contributed by atoms with Crippen LogP contribution in [0.5, 0.6) is 0 Å². The first-order chi connectivity index (χ1) is 11.0. The maximum absolute atomic E-state index is 5.92. The molecule has 2 aromatic rings. The van der Waals surface area contributed by atoms with Gasteiger partial charge in [0.2, 0.25) is 0 Å². The summed E-state index contributed by atoms with van der Waals surface area (Å²) in [6.07, 6.45) is 1.01. The molecule has 3 N–H and O–H groups in total. The van der Waals surface area contributed by atoms with E-state index < -0.39 is 0 Å². The molecule has 0 saturated carbocycles. The molecule has 0 radical (unpaired) electrons. The SMILES string of the molecule is CC1(c2cccc(CNc3ccc(Cl)cc3)c2)CCSC(N)=N1. The van der Waals surface area contributed by atoms with Crippen LogP contribution in [0.2, 0.25) is 5.02 Å². The molecule has 0 amide bonds. The number of aliphatic imine (C=N–C) groups is 1. The number of nitrogens with two attached hydrogens (primary N) is 1. The average Bonchev–Trinajstić information content (AvgIpc) is 2.54. The van der Waals surface area contributed by atoms with E-state index in [1.165, 1.54) is 11.1 Å². The second kappa shape index (κ2) is 6.85. The minimum atomic E-state index is -0.217. The lowest BCUT2D eigenvalue weighted by atomic mass is 9.89. The minimum Gasteiger partial charge on any atom is -0.381 e. The largest absolute Gasteiger partial charge is 0.381 e. The van der Waals surface area contributed by atoms with Gasteiger partial charge in [-0.2, -0.15) is 0 Å². The number of nitrogens with one attached hydrogen (secondary N) is 1. The highest BCUT2D eigenvalue weighted by atomic mass is 35.5. The molecule has 23 heavy (non-hydrogen) atoms. The zero-order valence-corrected chi connectivity index (χ0v) is 14.6. The van der Waals surface area contributed by atoms with Crippen molar-refractivity contribution in [1.29, 1.82) is 0 Å². The molecule has 1 aliphatic rings. The molecule has 0 aliphatic carbocycles. The molecule has 0 aromatic heterocycles. The van der Waals surface area contributed by atoms with Crippen LogP contribution in [0.15, 0.2) is 53.5 Å².